The highest BCUT2D eigenvalue weighted by molar-refractivity contribution is 8.14. The molecule has 1 aromatic carbocycles. The molecule has 0 radical (unpaired) electrons. The van der Waals surface area contributed by atoms with E-state index in [2.05, 4.69) is 0 Å². The van der Waals surface area contributed by atoms with Gasteiger partial charge in [0.05, 0.1) is 18.0 Å². The van der Waals surface area contributed by atoms with E-state index in [1.54, 1.807) is 12.1 Å². The minimum atomic E-state index is -3.69. The third kappa shape index (κ3) is 3.64. The van der Waals surface area contributed by atoms with Crippen LogP contribution in [-0.4, -0.2) is 43.3 Å². The van der Waals surface area contributed by atoms with Gasteiger partial charge in [0.2, 0.25) is 15.1 Å². The second-order valence-electron chi connectivity index (χ2n) is 5.62. The van der Waals surface area contributed by atoms with Crippen LogP contribution in [0.4, 0.5) is 0 Å². The highest BCUT2D eigenvalue weighted by atomic mass is 32.2. The maximum absolute atomic E-state index is 12.9. The lowest BCUT2D eigenvalue weighted by Crippen LogP contribution is -2.44. The normalized spacial score (nSPS) is 19.1. The first-order valence-electron chi connectivity index (χ1n) is 7.18. The number of benzene rings is 1. The van der Waals surface area contributed by atoms with Gasteiger partial charge in [0.1, 0.15) is 5.75 Å². The van der Waals surface area contributed by atoms with Crippen LogP contribution in [0.3, 0.4) is 0 Å². The molecule has 1 aliphatic rings. The number of hydrogen-bond donors (Lipinski definition) is 0. The van der Waals surface area contributed by atoms with Gasteiger partial charge in [-0.05, 0) is 36.6 Å². The van der Waals surface area contributed by atoms with Gasteiger partial charge >= 0.3 is 0 Å². The second kappa shape index (κ2) is 7.02. The molecule has 0 N–H and O–H groups in total. The molecule has 1 atom stereocenters. The standard InChI is InChI=1S/C15H21NO4S2/c1-11(2)10-16(14-8-9-21-15(14)17)22(18,19)13-6-4-12(20-3)5-7-13/h4-7,11,14H,8-10H2,1-3H3/t14-/m0/s1. The Morgan fingerprint density at radius 2 is 1.95 bits per heavy atom. The fourth-order valence-electron chi connectivity index (χ4n) is 2.38. The zero-order chi connectivity index (χ0) is 16.3. The van der Waals surface area contributed by atoms with E-state index in [4.69, 9.17) is 4.74 Å². The molecule has 1 saturated heterocycles. The summed E-state index contributed by atoms with van der Waals surface area (Å²) in [7, 11) is -2.16. The number of carbonyl (C=O) groups excluding carboxylic acids is 1. The van der Waals surface area contributed by atoms with E-state index in [9.17, 15) is 13.2 Å². The molecule has 0 bridgehead atoms. The van der Waals surface area contributed by atoms with Crippen LogP contribution in [0.1, 0.15) is 20.3 Å². The number of hydrogen-bond acceptors (Lipinski definition) is 5. The average Bonchev–Trinajstić information content (AvgIpc) is 2.90. The van der Waals surface area contributed by atoms with Crippen LogP contribution in [0.15, 0.2) is 29.2 Å². The van der Waals surface area contributed by atoms with Crippen LogP contribution in [0, 0.1) is 5.92 Å². The molecular formula is C15H21NO4S2. The molecule has 122 valence electrons. The minimum Gasteiger partial charge on any atom is -0.497 e. The largest absolute Gasteiger partial charge is 0.497 e. The first-order chi connectivity index (χ1) is 10.4. The molecule has 0 amide bonds. The Morgan fingerprint density at radius 3 is 2.41 bits per heavy atom. The van der Waals surface area contributed by atoms with Crippen molar-refractivity contribution >= 4 is 26.9 Å². The third-order valence-corrected chi connectivity index (χ3v) is 6.35. The Balaban J connectivity index is 2.37. The van der Waals surface area contributed by atoms with Crippen molar-refractivity contribution in [2.24, 2.45) is 5.92 Å². The number of ether oxygens (including phenoxy) is 1. The van der Waals surface area contributed by atoms with Crippen molar-refractivity contribution in [3.8, 4) is 5.75 Å². The van der Waals surface area contributed by atoms with E-state index in [0.29, 0.717) is 24.5 Å². The number of thioether (sulfide) groups is 1. The van der Waals surface area contributed by atoms with Crippen LogP contribution in [0.5, 0.6) is 5.75 Å². The Hall–Kier alpha value is -1.05. The molecule has 1 heterocycles. The summed E-state index contributed by atoms with van der Waals surface area (Å²) >= 11 is 1.21. The van der Waals surface area contributed by atoms with E-state index in [-0.39, 0.29) is 15.9 Å². The molecule has 0 saturated carbocycles. The predicted molar refractivity (Wildman–Crippen MR) is 87.6 cm³/mol. The molecule has 0 unspecified atom stereocenters. The van der Waals surface area contributed by atoms with Crippen LogP contribution < -0.4 is 4.74 Å². The van der Waals surface area contributed by atoms with Gasteiger partial charge in [0.15, 0.2) is 0 Å². The monoisotopic (exact) mass is 343 g/mol. The van der Waals surface area contributed by atoms with Crippen LogP contribution in [0.25, 0.3) is 0 Å². The highest BCUT2D eigenvalue weighted by Crippen LogP contribution is 2.30. The minimum absolute atomic E-state index is 0.0577. The third-order valence-electron chi connectivity index (χ3n) is 3.47. The van der Waals surface area contributed by atoms with Crippen molar-refractivity contribution in [1.82, 2.24) is 4.31 Å². The lowest BCUT2D eigenvalue weighted by atomic mass is 10.2. The summed E-state index contributed by atoms with van der Waals surface area (Å²) in [5, 5.41) is -0.0577. The molecule has 2 rings (SSSR count). The molecule has 1 aromatic rings. The Bertz CT molecular complexity index is 625. The predicted octanol–water partition coefficient (Wildman–Crippen LogP) is 2.37. The average molecular weight is 343 g/mol. The van der Waals surface area contributed by atoms with Crippen LogP contribution >= 0.6 is 11.8 Å². The Kier molecular flexibility index (Phi) is 5.52. The van der Waals surface area contributed by atoms with E-state index in [1.165, 1.54) is 35.3 Å². The number of rotatable bonds is 6. The van der Waals surface area contributed by atoms with Gasteiger partial charge in [0, 0.05) is 12.3 Å². The van der Waals surface area contributed by atoms with Gasteiger partial charge in [-0.3, -0.25) is 4.79 Å². The van der Waals surface area contributed by atoms with E-state index >= 15 is 0 Å². The summed E-state index contributed by atoms with van der Waals surface area (Å²) in [6, 6.07) is 5.72. The van der Waals surface area contributed by atoms with Crippen LogP contribution in [-0.2, 0) is 14.8 Å². The van der Waals surface area contributed by atoms with Crippen molar-refractivity contribution < 1.29 is 17.9 Å². The molecule has 0 aromatic heterocycles. The number of carbonyl (C=O) groups is 1. The van der Waals surface area contributed by atoms with Gasteiger partial charge < -0.3 is 4.74 Å². The summed E-state index contributed by atoms with van der Waals surface area (Å²) < 4.78 is 32.3. The molecular weight excluding hydrogens is 322 g/mol. The van der Waals surface area contributed by atoms with E-state index < -0.39 is 16.1 Å². The van der Waals surface area contributed by atoms with Gasteiger partial charge in [-0.25, -0.2) is 8.42 Å². The summed E-state index contributed by atoms with van der Waals surface area (Å²) in [6.45, 7) is 4.23. The Morgan fingerprint density at radius 1 is 1.32 bits per heavy atom. The second-order valence-corrected chi connectivity index (χ2v) is 8.61. The maximum atomic E-state index is 12.9. The summed E-state index contributed by atoms with van der Waals surface area (Å²) in [5.41, 5.74) is 0. The fraction of sp³-hybridized carbons (Fsp3) is 0.533. The van der Waals surface area contributed by atoms with Crippen molar-refractivity contribution in [3.63, 3.8) is 0 Å². The lowest BCUT2D eigenvalue weighted by molar-refractivity contribution is -0.113. The SMILES string of the molecule is COc1ccc(S(=O)(=O)N(CC(C)C)[C@H]2CCSC2=O)cc1. The number of sulfonamides is 1. The zero-order valence-corrected chi connectivity index (χ0v) is 14.6. The molecule has 22 heavy (non-hydrogen) atoms. The molecule has 5 nitrogen and oxygen atoms in total. The van der Waals surface area contributed by atoms with Gasteiger partial charge in [-0.2, -0.15) is 4.31 Å². The van der Waals surface area contributed by atoms with Gasteiger partial charge in [-0.1, -0.05) is 25.6 Å². The number of nitrogens with zero attached hydrogens (tertiary/aromatic N) is 1. The molecule has 0 spiro atoms. The number of methoxy groups -OCH3 is 1. The van der Waals surface area contributed by atoms with Crippen molar-refractivity contribution in [1.29, 1.82) is 0 Å². The first-order valence-corrected chi connectivity index (χ1v) is 9.61. The quantitative estimate of drug-likeness (QED) is 0.793. The Labute approximate surface area is 136 Å². The molecule has 7 heteroatoms. The van der Waals surface area contributed by atoms with E-state index in [1.807, 2.05) is 13.8 Å². The molecule has 1 fully saturated rings. The maximum Gasteiger partial charge on any atom is 0.243 e. The van der Waals surface area contributed by atoms with Crippen molar-refractivity contribution in [3.05, 3.63) is 24.3 Å². The summed E-state index contributed by atoms with van der Waals surface area (Å²) in [4.78, 5) is 12.2. The first kappa shape index (κ1) is 17.3. The van der Waals surface area contributed by atoms with Gasteiger partial charge in [-0.15, -0.1) is 0 Å². The van der Waals surface area contributed by atoms with Gasteiger partial charge in [0.25, 0.3) is 0 Å². The summed E-state index contributed by atoms with van der Waals surface area (Å²) in [5.74, 6) is 1.42. The van der Waals surface area contributed by atoms with Crippen molar-refractivity contribution in [2.75, 3.05) is 19.4 Å². The zero-order valence-electron chi connectivity index (χ0n) is 13.0. The van der Waals surface area contributed by atoms with Crippen LogP contribution in [0.2, 0.25) is 0 Å². The smallest absolute Gasteiger partial charge is 0.243 e. The van der Waals surface area contributed by atoms with Crippen molar-refractivity contribution in [2.45, 2.75) is 31.2 Å². The molecule has 0 aliphatic carbocycles. The summed E-state index contributed by atoms with van der Waals surface area (Å²) in [6.07, 6.45) is 0.575. The fourth-order valence-corrected chi connectivity index (χ4v) is 5.21. The lowest BCUT2D eigenvalue weighted by Gasteiger charge is -2.28. The highest BCUT2D eigenvalue weighted by Gasteiger charge is 2.39. The van der Waals surface area contributed by atoms with E-state index in [0.717, 1.165) is 0 Å². The molecule has 1 aliphatic heterocycles. The topological polar surface area (TPSA) is 63.7 Å².